The number of rotatable bonds is 5. The molecule has 0 spiro atoms. The summed E-state index contributed by atoms with van der Waals surface area (Å²) in [5.41, 5.74) is 7.10. The number of halogens is 1. The number of alkyl halides is 1. The van der Waals surface area contributed by atoms with Crippen molar-refractivity contribution in [3.05, 3.63) is 97.2 Å². The number of nitrogens with one attached hydrogen (secondary N) is 1. The normalized spacial score (nSPS) is 10.5. The Labute approximate surface area is 175 Å². The van der Waals surface area contributed by atoms with E-state index in [1.165, 1.54) is 5.56 Å². The number of aromatic nitrogens is 1. The van der Waals surface area contributed by atoms with Crippen molar-refractivity contribution in [2.24, 2.45) is 0 Å². The van der Waals surface area contributed by atoms with Crippen molar-refractivity contribution in [2.75, 3.05) is 11.2 Å². The molecule has 4 heteroatoms. The van der Waals surface area contributed by atoms with Gasteiger partial charge in [0.15, 0.2) is 0 Å². The van der Waals surface area contributed by atoms with Gasteiger partial charge in [0.1, 0.15) is 5.88 Å². The molecule has 1 aromatic heterocycles. The molecule has 0 fully saturated rings. The second-order valence-corrected chi connectivity index (χ2v) is 6.87. The van der Waals surface area contributed by atoms with Gasteiger partial charge >= 0.3 is 0 Å². The van der Waals surface area contributed by atoms with Crippen molar-refractivity contribution in [2.45, 2.75) is 0 Å². The molecule has 3 aromatic carbocycles. The highest BCUT2D eigenvalue weighted by atomic mass is 35.5. The van der Waals surface area contributed by atoms with E-state index in [2.05, 4.69) is 52.8 Å². The lowest BCUT2D eigenvalue weighted by atomic mass is 9.96. The molecule has 1 N–H and O–H groups in total. The summed E-state index contributed by atoms with van der Waals surface area (Å²) in [6, 6.07) is 30.4. The number of benzene rings is 3. The van der Waals surface area contributed by atoms with Gasteiger partial charge in [0.05, 0.1) is 5.69 Å². The molecule has 142 valence electrons. The first-order valence-electron chi connectivity index (χ1n) is 9.32. The van der Waals surface area contributed by atoms with Crippen molar-refractivity contribution in [1.29, 1.82) is 0 Å². The van der Waals surface area contributed by atoms with E-state index in [1.54, 1.807) is 6.20 Å². The number of nitrogens with zero attached hydrogens (tertiary/aromatic N) is 1. The average molecular weight is 399 g/mol. The molecule has 1 amide bonds. The van der Waals surface area contributed by atoms with Crippen LogP contribution in [0.1, 0.15) is 0 Å². The van der Waals surface area contributed by atoms with Gasteiger partial charge in [-0.3, -0.25) is 9.78 Å². The molecule has 3 nitrogen and oxygen atoms in total. The van der Waals surface area contributed by atoms with Crippen LogP contribution in [0.15, 0.2) is 97.2 Å². The molecular formula is C25H19ClN2O. The topological polar surface area (TPSA) is 42.0 Å². The lowest BCUT2D eigenvalue weighted by molar-refractivity contribution is -0.113. The molecule has 0 aliphatic rings. The summed E-state index contributed by atoms with van der Waals surface area (Å²) >= 11 is 5.55. The predicted molar refractivity (Wildman–Crippen MR) is 120 cm³/mol. The van der Waals surface area contributed by atoms with Gasteiger partial charge in [-0.05, 0) is 41.0 Å². The predicted octanol–water partition coefficient (Wildman–Crippen LogP) is 6.26. The van der Waals surface area contributed by atoms with Gasteiger partial charge in [0, 0.05) is 23.0 Å². The number of anilines is 1. The Balaban J connectivity index is 1.70. The molecule has 0 aliphatic carbocycles. The fourth-order valence-corrected chi connectivity index (χ4v) is 3.34. The molecule has 0 saturated carbocycles. The third-order valence-corrected chi connectivity index (χ3v) is 4.89. The summed E-state index contributed by atoms with van der Waals surface area (Å²) in [5, 5.41) is 2.75. The van der Waals surface area contributed by atoms with Crippen molar-refractivity contribution < 1.29 is 4.79 Å². The van der Waals surface area contributed by atoms with Crippen LogP contribution in [0.2, 0.25) is 0 Å². The molecule has 0 unspecified atom stereocenters. The first kappa shape index (κ1) is 18.9. The minimum Gasteiger partial charge on any atom is -0.325 e. The second kappa shape index (κ2) is 8.72. The van der Waals surface area contributed by atoms with E-state index in [0.29, 0.717) is 5.69 Å². The quantitative estimate of drug-likeness (QED) is 0.403. The maximum Gasteiger partial charge on any atom is 0.239 e. The number of hydrogen-bond acceptors (Lipinski definition) is 2. The number of amides is 1. The van der Waals surface area contributed by atoms with E-state index in [-0.39, 0.29) is 11.8 Å². The minimum atomic E-state index is -0.226. The standard InChI is InChI=1S/C25H19ClN2O/c26-17-24(29)28-22-13-11-19(12-14-22)25-23(10-5-15-27-25)21-9-4-8-20(16-21)18-6-2-1-3-7-18/h1-16H,17H2,(H,28,29). The van der Waals surface area contributed by atoms with Gasteiger partial charge in [-0.25, -0.2) is 0 Å². The largest absolute Gasteiger partial charge is 0.325 e. The summed E-state index contributed by atoms with van der Waals surface area (Å²) in [5.74, 6) is -0.292. The van der Waals surface area contributed by atoms with E-state index in [9.17, 15) is 4.79 Å². The Kier molecular flexibility index (Phi) is 5.68. The third kappa shape index (κ3) is 4.36. The van der Waals surface area contributed by atoms with Crippen molar-refractivity contribution in [3.63, 3.8) is 0 Å². The Hall–Kier alpha value is -3.43. The molecule has 1 heterocycles. The highest BCUT2D eigenvalue weighted by Gasteiger charge is 2.10. The second-order valence-electron chi connectivity index (χ2n) is 6.61. The van der Waals surface area contributed by atoms with Crippen LogP contribution in [0.4, 0.5) is 5.69 Å². The van der Waals surface area contributed by atoms with E-state index in [1.807, 2.05) is 48.5 Å². The van der Waals surface area contributed by atoms with Crippen molar-refractivity contribution in [1.82, 2.24) is 4.98 Å². The van der Waals surface area contributed by atoms with Gasteiger partial charge in [0.2, 0.25) is 5.91 Å². The first-order chi connectivity index (χ1) is 14.2. The minimum absolute atomic E-state index is 0.0656. The molecule has 0 aliphatic heterocycles. The number of carbonyl (C=O) groups is 1. The zero-order valence-corrected chi connectivity index (χ0v) is 16.4. The van der Waals surface area contributed by atoms with Crippen LogP contribution in [-0.2, 0) is 4.79 Å². The van der Waals surface area contributed by atoms with Crippen LogP contribution in [0, 0.1) is 0 Å². The van der Waals surface area contributed by atoms with Crippen LogP contribution < -0.4 is 5.32 Å². The summed E-state index contributed by atoms with van der Waals surface area (Å²) in [7, 11) is 0. The van der Waals surface area contributed by atoms with E-state index < -0.39 is 0 Å². The summed E-state index contributed by atoms with van der Waals surface area (Å²) in [4.78, 5) is 16.1. The zero-order chi connectivity index (χ0) is 20.1. The molecular weight excluding hydrogens is 380 g/mol. The maximum atomic E-state index is 11.5. The zero-order valence-electron chi connectivity index (χ0n) is 15.7. The van der Waals surface area contributed by atoms with Crippen LogP contribution in [0.3, 0.4) is 0 Å². The van der Waals surface area contributed by atoms with Crippen molar-refractivity contribution in [3.8, 4) is 33.5 Å². The SMILES string of the molecule is O=C(CCl)Nc1ccc(-c2ncccc2-c2cccc(-c3ccccc3)c2)cc1. The number of pyridine rings is 1. The van der Waals surface area contributed by atoms with Crippen LogP contribution in [0.25, 0.3) is 33.5 Å². The van der Waals surface area contributed by atoms with Gasteiger partial charge in [-0.2, -0.15) is 0 Å². The smallest absolute Gasteiger partial charge is 0.239 e. The maximum absolute atomic E-state index is 11.5. The van der Waals surface area contributed by atoms with Gasteiger partial charge in [-0.15, -0.1) is 11.6 Å². The lowest BCUT2D eigenvalue weighted by Gasteiger charge is -2.11. The lowest BCUT2D eigenvalue weighted by Crippen LogP contribution is -2.12. The molecule has 29 heavy (non-hydrogen) atoms. The molecule has 4 rings (SSSR count). The molecule has 0 atom stereocenters. The van der Waals surface area contributed by atoms with Crippen LogP contribution in [-0.4, -0.2) is 16.8 Å². The van der Waals surface area contributed by atoms with Crippen LogP contribution >= 0.6 is 11.6 Å². The summed E-state index contributed by atoms with van der Waals surface area (Å²) in [6.07, 6.45) is 1.79. The van der Waals surface area contributed by atoms with E-state index in [0.717, 1.165) is 27.9 Å². The Morgan fingerprint density at radius 1 is 0.759 bits per heavy atom. The Bertz CT molecular complexity index is 1120. The number of carbonyl (C=O) groups excluding carboxylic acids is 1. The highest BCUT2D eigenvalue weighted by molar-refractivity contribution is 6.29. The van der Waals surface area contributed by atoms with Gasteiger partial charge in [0.25, 0.3) is 0 Å². The molecule has 0 radical (unpaired) electrons. The van der Waals surface area contributed by atoms with Gasteiger partial charge < -0.3 is 5.32 Å². The third-order valence-electron chi connectivity index (χ3n) is 4.65. The fraction of sp³-hybridized carbons (Fsp3) is 0.0400. The van der Waals surface area contributed by atoms with Crippen LogP contribution in [0.5, 0.6) is 0 Å². The fourth-order valence-electron chi connectivity index (χ4n) is 3.27. The monoisotopic (exact) mass is 398 g/mol. The highest BCUT2D eigenvalue weighted by Crippen LogP contribution is 2.33. The molecule has 4 aromatic rings. The molecule has 0 saturated heterocycles. The summed E-state index contributed by atoms with van der Waals surface area (Å²) < 4.78 is 0. The number of hydrogen-bond donors (Lipinski definition) is 1. The first-order valence-corrected chi connectivity index (χ1v) is 9.85. The molecule has 0 bridgehead atoms. The Morgan fingerprint density at radius 2 is 1.48 bits per heavy atom. The van der Waals surface area contributed by atoms with Crippen molar-refractivity contribution >= 4 is 23.2 Å². The Morgan fingerprint density at radius 3 is 2.24 bits per heavy atom. The summed E-state index contributed by atoms with van der Waals surface area (Å²) in [6.45, 7) is 0. The van der Waals surface area contributed by atoms with E-state index in [4.69, 9.17) is 11.6 Å². The average Bonchev–Trinajstić information content (AvgIpc) is 2.80. The van der Waals surface area contributed by atoms with Gasteiger partial charge in [-0.1, -0.05) is 66.7 Å². The van der Waals surface area contributed by atoms with E-state index >= 15 is 0 Å².